The van der Waals surface area contributed by atoms with E-state index in [1.165, 1.54) is 12.1 Å². The van der Waals surface area contributed by atoms with Crippen molar-refractivity contribution in [2.75, 3.05) is 0 Å². The van der Waals surface area contributed by atoms with Gasteiger partial charge in [0.25, 0.3) is 0 Å². The molecule has 3 aromatic rings. The standard InChI is InChI=1S/C22H15BrClFN2O/c23-15-5-1-14(2-6-15)22-27-20(18-11-16(24)7-10-21(18)28-22)12-19(26-27)13-3-8-17(25)9-4-13/h1-11,20,22H,12H2/t20-,22+/m0/s1. The van der Waals surface area contributed by atoms with Gasteiger partial charge in [0.15, 0.2) is 0 Å². The van der Waals surface area contributed by atoms with Gasteiger partial charge in [-0.05, 0) is 48.0 Å². The smallest absolute Gasteiger partial charge is 0.213 e. The molecular formula is C22H15BrClFN2O. The Kier molecular flexibility index (Phi) is 4.37. The van der Waals surface area contributed by atoms with Gasteiger partial charge in [0.1, 0.15) is 11.6 Å². The summed E-state index contributed by atoms with van der Waals surface area (Å²) in [7, 11) is 0. The molecule has 0 fully saturated rings. The maximum absolute atomic E-state index is 13.3. The summed E-state index contributed by atoms with van der Waals surface area (Å²) in [6.45, 7) is 0. The average Bonchev–Trinajstić information content (AvgIpc) is 3.14. The number of ether oxygens (including phenoxy) is 1. The number of hydrazone groups is 1. The summed E-state index contributed by atoms with van der Waals surface area (Å²) in [5.74, 6) is 0.558. The van der Waals surface area contributed by atoms with Crippen molar-refractivity contribution < 1.29 is 9.13 Å². The molecule has 2 aliphatic rings. The second kappa shape index (κ2) is 6.90. The molecule has 6 heteroatoms. The Morgan fingerprint density at radius 3 is 2.54 bits per heavy atom. The molecule has 2 atom stereocenters. The molecule has 0 bridgehead atoms. The molecule has 5 rings (SSSR count). The normalized spacial score (nSPS) is 20.2. The van der Waals surface area contributed by atoms with Crippen LogP contribution in [0, 0.1) is 5.82 Å². The van der Waals surface area contributed by atoms with Crippen LogP contribution in [0.2, 0.25) is 5.02 Å². The molecule has 0 amide bonds. The molecule has 3 aromatic carbocycles. The molecule has 0 aliphatic carbocycles. The van der Waals surface area contributed by atoms with E-state index < -0.39 is 0 Å². The summed E-state index contributed by atoms with van der Waals surface area (Å²) < 4.78 is 20.7. The Morgan fingerprint density at radius 1 is 1.04 bits per heavy atom. The molecule has 0 aromatic heterocycles. The zero-order chi connectivity index (χ0) is 19.3. The monoisotopic (exact) mass is 456 g/mol. The number of halogens is 3. The highest BCUT2D eigenvalue weighted by molar-refractivity contribution is 9.10. The molecular weight excluding hydrogens is 443 g/mol. The van der Waals surface area contributed by atoms with Crippen LogP contribution in [0.3, 0.4) is 0 Å². The number of fused-ring (bicyclic) bond motifs is 3. The lowest BCUT2D eigenvalue weighted by atomic mass is 9.96. The second-order valence-electron chi connectivity index (χ2n) is 6.86. The van der Waals surface area contributed by atoms with Crippen LogP contribution in [0.15, 0.2) is 76.3 Å². The van der Waals surface area contributed by atoms with Crippen LogP contribution in [0.5, 0.6) is 5.75 Å². The fourth-order valence-corrected chi connectivity index (χ4v) is 4.17. The second-order valence-corrected chi connectivity index (χ2v) is 8.21. The first-order valence-electron chi connectivity index (χ1n) is 8.92. The molecule has 0 unspecified atom stereocenters. The Labute approximate surface area is 175 Å². The van der Waals surface area contributed by atoms with Gasteiger partial charge in [-0.3, -0.25) is 0 Å². The van der Waals surface area contributed by atoms with E-state index in [0.29, 0.717) is 11.4 Å². The van der Waals surface area contributed by atoms with Crippen molar-refractivity contribution >= 4 is 33.2 Å². The zero-order valence-corrected chi connectivity index (χ0v) is 17.0. The van der Waals surface area contributed by atoms with E-state index in [1.807, 2.05) is 47.5 Å². The molecule has 0 spiro atoms. The van der Waals surface area contributed by atoms with Crippen LogP contribution >= 0.6 is 27.5 Å². The highest BCUT2D eigenvalue weighted by Gasteiger charge is 2.41. The Hall–Kier alpha value is -2.37. The van der Waals surface area contributed by atoms with E-state index in [0.717, 1.165) is 32.6 Å². The summed E-state index contributed by atoms with van der Waals surface area (Å²) >= 11 is 9.73. The number of rotatable bonds is 2. The first-order valence-corrected chi connectivity index (χ1v) is 10.1. The predicted molar refractivity (Wildman–Crippen MR) is 111 cm³/mol. The van der Waals surface area contributed by atoms with E-state index in [4.69, 9.17) is 21.4 Å². The predicted octanol–water partition coefficient (Wildman–Crippen LogP) is 6.48. The van der Waals surface area contributed by atoms with Gasteiger partial charge in [-0.15, -0.1) is 0 Å². The molecule has 0 N–H and O–H groups in total. The quantitative estimate of drug-likeness (QED) is 0.440. The van der Waals surface area contributed by atoms with E-state index >= 15 is 0 Å². The molecule has 0 saturated heterocycles. The minimum absolute atomic E-state index is 0.0103. The average molecular weight is 458 g/mol. The fraction of sp³-hybridized carbons (Fsp3) is 0.136. The van der Waals surface area contributed by atoms with Crippen molar-refractivity contribution in [1.29, 1.82) is 0 Å². The molecule has 2 heterocycles. The van der Waals surface area contributed by atoms with Crippen molar-refractivity contribution in [2.45, 2.75) is 18.7 Å². The van der Waals surface area contributed by atoms with E-state index in [1.54, 1.807) is 12.1 Å². The van der Waals surface area contributed by atoms with Gasteiger partial charge in [-0.1, -0.05) is 51.8 Å². The summed E-state index contributed by atoms with van der Waals surface area (Å²) in [4.78, 5) is 0. The van der Waals surface area contributed by atoms with Crippen LogP contribution in [-0.4, -0.2) is 10.7 Å². The van der Waals surface area contributed by atoms with Crippen LogP contribution in [0.1, 0.15) is 35.4 Å². The lowest BCUT2D eigenvalue weighted by molar-refractivity contribution is -0.0190. The summed E-state index contributed by atoms with van der Waals surface area (Å²) in [6, 6.07) is 20.2. The number of hydrogen-bond donors (Lipinski definition) is 0. The molecule has 0 saturated carbocycles. The highest BCUT2D eigenvalue weighted by Crippen LogP contribution is 2.48. The van der Waals surface area contributed by atoms with Gasteiger partial charge in [0, 0.05) is 27.0 Å². The van der Waals surface area contributed by atoms with Gasteiger partial charge in [-0.25, -0.2) is 9.40 Å². The molecule has 28 heavy (non-hydrogen) atoms. The van der Waals surface area contributed by atoms with Gasteiger partial charge in [-0.2, -0.15) is 5.10 Å². The maximum atomic E-state index is 13.3. The third-order valence-corrected chi connectivity index (χ3v) is 5.85. The summed E-state index contributed by atoms with van der Waals surface area (Å²) in [5.41, 5.74) is 3.84. The fourth-order valence-electron chi connectivity index (χ4n) is 3.72. The lowest BCUT2D eigenvalue weighted by Gasteiger charge is -2.38. The van der Waals surface area contributed by atoms with Crippen LogP contribution in [0.4, 0.5) is 4.39 Å². The van der Waals surface area contributed by atoms with Gasteiger partial charge >= 0.3 is 0 Å². The minimum Gasteiger partial charge on any atom is -0.464 e. The lowest BCUT2D eigenvalue weighted by Crippen LogP contribution is -2.33. The third kappa shape index (κ3) is 3.09. The van der Waals surface area contributed by atoms with Gasteiger partial charge < -0.3 is 4.74 Å². The van der Waals surface area contributed by atoms with Gasteiger partial charge in [0.2, 0.25) is 6.23 Å². The molecule has 2 aliphatic heterocycles. The Bertz CT molecular complexity index is 1070. The van der Waals surface area contributed by atoms with Crippen molar-refractivity contribution in [1.82, 2.24) is 5.01 Å². The molecule has 0 radical (unpaired) electrons. The Morgan fingerprint density at radius 2 is 1.79 bits per heavy atom. The van der Waals surface area contributed by atoms with Crippen LogP contribution in [-0.2, 0) is 0 Å². The number of nitrogens with zero attached hydrogens (tertiary/aromatic N) is 2. The van der Waals surface area contributed by atoms with Crippen LogP contribution < -0.4 is 4.74 Å². The Balaban J connectivity index is 1.59. The number of benzene rings is 3. The molecule has 140 valence electrons. The van der Waals surface area contributed by atoms with Crippen molar-refractivity contribution in [3.05, 3.63) is 98.7 Å². The minimum atomic E-state index is -0.343. The maximum Gasteiger partial charge on any atom is 0.213 e. The summed E-state index contributed by atoms with van der Waals surface area (Å²) in [6.07, 6.45) is 0.361. The summed E-state index contributed by atoms with van der Waals surface area (Å²) in [5, 5.41) is 7.52. The zero-order valence-electron chi connectivity index (χ0n) is 14.6. The third-order valence-electron chi connectivity index (χ3n) is 5.08. The van der Waals surface area contributed by atoms with Gasteiger partial charge in [0.05, 0.1) is 11.8 Å². The van der Waals surface area contributed by atoms with E-state index in [9.17, 15) is 4.39 Å². The van der Waals surface area contributed by atoms with Crippen molar-refractivity contribution in [3.63, 3.8) is 0 Å². The first-order chi connectivity index (χ1) is 13.6. The topological polar surface area (TPSA) is 24.8 Å². The largest absolute Gasteiger partial charge is 0.464 e. The van der Waals surface area contributed by atoms with E-state index in [2.05, 4.69) is 15.9 Å². The molecule has 3 nitrogen and oxygen atoms in total. The number of hydrogen-bond acceptors (Lipinski definition) is 3. The van der Waals surface area contributed by atoms with E-state index in [-0.39, 0.29) is 18.1 Å². The SMILES string of the molecule is Fc1ccc(C2=NN3[C@@H](c4ccc(Br)cc4)Oc4ccc(Cl)cc4[C@@H]3C2)cc1. The first kappa shape index (κ1) is 17.7. The van der Waals surface area contributed by atoms with Crippen LogP contribution in [0.25, 0.3) is 0 Å². The van der Waals surface area contributed by atoms with Crippen molar-refractivity contribution in [3.8, 4) is 5.75 Å². The highest BCUT2D eigenvalue weighted by atomic mass is 79.9. The van der Waals surface area contributed by atoms with Crippen molar-refractivity contribution in [2.24, 2.45) is 5.10 Å².